The van der Waals surface area contributed by atoms with Gasteiger partial charge in [0.25, 0.3) is 0 Å². The topological polar surface area (TPSA) is 24.4 Å². The van der Waals surface area contributed by atoms with Crippen LogP contribution in [0.4, 0.5) is 5.69 Å². The third-order valence-corrected chi connectivity index (χ3v) is 6.70. The highest BCUT2D eigenvalue weighted by atomic mass is 35.5. The molecule has 0 fully saturated rings. The number of halogens is 1. The van der Waals surface area contributed by atoms with Crippen LogP contribution >= 0.6 is 35.3 Å². The van der Waals surface area contributed by atoms with Crippen molar-refractivity contribution in [3.05, 3.63) is 82.9 Å². The van der Waals surface area contributed by atoms with E-state index in [1.54, 1.807) is 23.7 Å². The fourth-order valence-corrected chi connectivity index (χ4v) is 4.85. The summed E-state index contributed by atoms with van der Waals surface area (Å²) >= 11 is 9.55. The van der Waals surface area contributed by atoms with Gasteiger partial charge in [-0.2, -0.15) is 0 Å². The van der Waals surface area contributed by atoms with E-state index in [1.165, 1.54) is 27.5 Å². The molecule has 0 aromatic heterocycles. The number of benzene rings is 3. The van der Waals surface area contributed by atoms with E-state index in [2.05, 4.69) is 54.1 Å². The summed E-state index contributed by atoms with van der Waals surface area (Å²) in [7, 11) is 0. The van der Waals surface area contributed by atoms with Gasteiger partial charge in [0.05, 0.1) is 11.4 Å². The first-order chi connectivity index (χ1) is 13.7. The van der Waals surface area contributed by atoms with Crippen LogP contribution in [0.25, 0.3) is 0 Å². The number of hydrogen-bond acceptors (Lipinski definition) is 4. The van der Waals surface area contributed by atoms with E-state index < -0.39 is 0 Å². The summed E-state index contributed by atoms with van der Waals surface area (Å²) in [4.78, 5) is 8.67. The second kappa shape index (κ2) is 9.19. The maximum absolute atomic E-state index is 6.10. The molecule has 28 heavy (non-hydrogen) atoms. The van der Waals surface area contributed by atoms with Gasteiger partial charge >= 0.3 is 0 Å². The minimum Gasteiger partial charge on any atom is -0.260 e. The van der Waals surface area contributed by atoms with E-state index in [4.69, 9.17) is 16.6 Å². The Labute approximate surface area is 179 Å². The van der Waals surface area contributed by atoms with Gasteiger partial charge in [0.15, 0.2) is 0 Å². The van der Waals surface area contributed by atoms with Crippen LogP contribution in [0.2, 0.25) is 5.02 Å². The van der Waals surface area contributed by atoms with Crippen LogP contribution in [0.3, 0.4) is 0 Å². The zero-order valence-corrected chi connectivity index (χ0v) is 18.0. The Kier molecular flexibility index (Phi) is 6.43. The molecule has 3 aromatic carbocycles. The largest absolute Gasteiger partial charge is 0.260 e. The smallest absolute Gasteiger partial charge is 0.0793 e. The van der Waals surface area contributed by atoms with E-state index in [9.17, 15) is 0 Å². The molecule has 4 rings (SSSR count). The summed E-state index contributed by atoms with van der Waals surface area (Å²) in [6.45, 7) is 3.22. The highest BCUT2D eigenvalue weighted by molar-refractivity contribution is 7.99. The van der Waals surface area contributed by atoms with Crippen molar-refractivity contribution in [1.82, 2.24) is 4.72 Å². The van der Waals surface area contributed by atoms with Crippen LogP contribution in [-0.4, -0.2) is 12.3 Å². The number of nitrogens with zero attached hydrogens (tertiary/aromatic N) is 1. The maximum Gasteiger partial charge on any atom is 0.0793 e. The maximum atomic E-state index is 6.10. The predicted molar refractivity (Wildman–Crippen MR) is 123 cm³/mol. The van der Waals surface area contributed by atoms with Gasteiger partial charge < -0.3 is 0 Å². The Morgan fingerprint density at radius 3 is 2.64 bits per heavy atom. The Morgan fingerprint density at radius 1 is 1.00 bits per heavy atom. The lowest BCUT2D eigenvalue weighted by Gasteiger charge is -2.09. The molecule has 0 aliphatic carbocycles. The van der Waals surface area contributed by atoms with Crippen LogP contribution in [-0.2, 0) is 0 Å². The van der Waals surface area contributed by atoms with Crippen molar-refractivity contribution >= 4 is 46.7 Å². The Balaban J connectivity index is 1.74. The van der Waals surface area contributed by atoms with E-state index in [0.717, 1.165) is 34.1 Å². The Bertz CT molecular complexity index is 1000. The Hall–Kier alpha value is -1.72. The molecule has 0 unspecified atom stereocenters. The van der Waals surface area contributed by atoms with Gasteiger partial charge in [0.1, 0.15) is 0 Å². The second-order valence-corrected chi connectivity index (χ2v) is 9.03. The standard InChI is InChI=1S/C23H21ClN2S2/c1-2-3-14-25-28-18-12-13-22-20(15-18)26-23(16-8-10-17(24)11-9-16)19-6-4-5-7-21(19)27-22/h4-13,15,25H,2-3,14H2,1H3. The van der Waals surface area contributed by atoms with Crippen LogP contribution in [0.15, 0.2) is 86.4 Å². The molecular formula is C23H21ClN2S2. The first kappa shape index (κ1) is 19.6. The molecular weight excluding hydrogens is 404 g/mol. The van der Waals surface area contributed by atoms with Gasteiger partial charge in [0, 0.05) is 37.4 Å². The molecule has 0 amide bonds. The molecule has 142 valence electrons. The number of aliphatic imine (C=N–C) groups is 1. The summed E-state index contributed by atoms with van der Waals surface area (Å²) in [5.74, 6) is 0. The van der Waals surface area contributed by atoms with Crippen LogP contribution < -0.4 is 4.72 Å². The highest BCUT2D eigenvalue weighted by Crippen LogP contribution is 2.42. The average molecular weight is 425 g/mol. The first-order valence-corrected chi connectivity index (χ1v) is 11.4. The normalized spacial score (nSPS) is 12.7. The summed E-state index contributed by atoms with van der Waals surface area (Å²) in [5, 5.41) is 0.734. The number of nitrogens with one attached hydrogen (secondary N) is 1. The van der Waals surface area contributed by atoms with Crippen molar-refractivity contribution in [2.75, 3.05) is 6.54 Å². The molecule has 1 aliphatic rings. The molecule has 3 aromatic rings. The fourth-order valence-electron chi connectivity index (χ4n) is 3.00. The van der Waals surface area contributed by atoms with Crippen molar-refractivity contribution in [1.29, 1.82) is 0 Å². The Morgan fingerprint density at radius 2 is 1.82 bits per heavy atom. The van der Waals surface area contributed by atoms with Gasteiger partial charge in [0.2, 0.25) is 0 Å². The fraction of sp³-hybridized carbons (Fsp3) is 0.174. The van der Waals surface area contributed by atoms with Crippen molar-refractivity contribution in [2.24, 2.45) is 4.99 Å². The third-order valence-electron chi connectivity index (χ3n) is 4.46. The summed E-state index contributed by atoms with van der Waals surface area (Å²) in [5.41, 5.74) is 4.22. The predicted octanol–water partition coefficient (Wildman–Crippen LogP) is 7.37. The van der Waals surface area contributed by atoms with E-state index >= 15 is 0 Å². The second-order valence-electron chi connectivity index (χ2n) is 6.55. The lowest BCUT2D eigenvalue weighted by atomic mass is 10.0. The summed E-state index contributed by atoms with van der Waals surface area (Å²) in [6.07, 6.45) is 2.38. The molecule has 0 bridgehead atoms. The minimum absolute atomic E-state index is 0.734. The first-order valence-electron chi connectivity index (χ1n) is 9.40. The average Bonchev–Trinajstić information content (AvgIpc) is 2.88. The third kappa shape index (κ3) is 4.47. The molecule has 0 saturated heterocycles. The van der Waals surface area contributed by atoms with Crippen molar-refractivity contribution in [3.8, 4) is 0 Å². The summed E-state index contributed by atoms with van der Waals surface area (Å²) < 4.78 is 3.44. The van der Waals surface area contributed by atoms with Crippen molar-refractivity contribution in [2.45, 2.75) is 34.5 Å². The van der Waals surface area contributed by atoms with Gasteiger partial charge in [-0.1, -0.05) is 67.0 Å². The molecule has 2 nitrogen and oxygen atoms in total. The van der Waals surface area contributed by atoms with Crippen molar-refractivity contribution < 1.29 is 0 Å². The van der Waals surface area contributed by atoms with Gasteiger partial charge in [-0.05, 0) is 54.8 Å². The van der Waals surface area contributed by atoms with E-state index in [0.29, 0.717) is 0 Å². The van der Waals surface area contributed by atoms with Crippen molar-refractivity contribution in [3.63, 3.8) is 0 Å². The quantitative estimate of drug-likeness (QED) is 0.258. The molecule has 5 heteroatoms. The van der Waals surface area contributed by atoms with E-state index in [1.807, 2.05) is 24.3 Å². The van der Waals surface area contributed by atoms with Crippen LogP contribution in [0, 0.1) is 0 Å². The molecule has 0 atom stereocenters. The summed E-state index contributed by atoms with van der Waals surface area (Å²) in [6, 6.07) is 22.9. The van der Waals surface area contributed by atoms with Gasteiger partial charge in [-0.25, -0.2) is 4.99 Å². The lowest BCUT2D eigenvalue weighted by molar-refractivity contribution is 0.776. The zero-order chi connectivity index (χ0) is 19.3. The lowest BCUT2D eigenvalue weighted by Crippen LogP contribution is -2.04. The molecule has 0 radical (unpaired) electrons. The zero-order valence-electron chi connectivity index (χ0n) is 15.6. The van der Waals surface area contributed by atoms with Crippen LogP contribution in [0.5, 0.6) is 0 Å². The molecule has 1 heterocycles. The minimum atomic E-state index is 0.734. The van der Waals surface area contributed by atoms with Gasteiger partial charge in [-0.15, -0.1) is 0 Å². The number of rotatable bonds is 6. The van der Waals surface area contributed by atoms with Crippen LogP contribution in [0.1, 0.15) is 30.9 Å². The molecule has 1 aliphatic heterocycles. The molecule has 1 N–H and O–H groups in total. The molecule has 0 saturated carbocycles. The number of unbranched alkanes of at least 4 members (excludes halogenated alkanes) is 1. The molecule has 0 spiro atoms. The van der Waals surface area contributed by atoms with E-state index in [-0.39, 0.29) is 0 Å². The SMILES string of the molecule is CCCCNSc1ccc2c(c1)N=C(c1ccc(Cl)cc1)c1ccccc1S2. The number of hydrogen-bond donors (Lipinski definition) is 1. The van der Waals surface area contributed by atoms with Gasteiger partial charge in [-0.3, -0.25) is 4.72 Å². The number of fused-ring (bicyclic) bond motifs is 2. The highest BCUT2D eigenvalue weighted by Gasteiger charge is 2.19. The monoisotopic (exact) mass is 424 g/mol.